The predicted octanol–water partition coefficient (Wildman–Crippen LogP) is 1.54. The van der Waals surface area contributed by atoms with Crippen molar-refractivity contribution in [3.63, 3.8) is 0 Å². The van der Waals surface area contributed by atoms with Gasteiger partial charge in [-0.3, -0.25) is 4.79 Å². The van der Waals surface area contributed by atoms with E-state index in [1.54, 1.807) is 6.92 Å². The van der Waals surface area contributed by atoms with E-state index in [9.17, 15) is 14.0 Å². The van der Waals surface area contributed by atoms with E-state index in [0.717, 1.165) is 0 Å². The van der Waals surface area contributed by atoms with E-state index in [0.29, 0.717) is 5.39 Å². The zero-order valence-electron chi connectivity index (χ0n) is 13.7. The first kappa shape index (κ1) is 18.5. The van der Waals surface area contributed by atoms with Gasteiger partial charge in [-0.15, -0.1) is 5.10 Å². The summed E-state index contributed by atoms with van der Waals surface area (Å²) in [6.45, 7) is 1.72. The van der Waals surface area contributed by atoms with Crippen LogP contribution in [0.4, 0.5) is 4.39 Å². The van der Waals surface area contributed by atoms with E-state index >= 15 is 0 Å². The first-order valence-corrected chi connectivity index (χ1v) is 7.51. The quantitative estimate of drug-likeness (QED) is 0.367. The van der Waals surface area contributed by atoms with E-state index < -0.39 is 23.5 Å². The Labute approximate surface area is 147 Å². The number of fused-ring (bicyclic) bond motifs is 1. The maximum absolute atomic E-state index is 14.4. The number of methoxy groups -OCH3 is 1. The van der Waals surface area contributed by atoms with Gasteiger partial charge in [0.1, 0.15) is 16.5 Å². The van der Waals surface area contributed by atoms with Crippen LogP contribution in [0.2, 0.25) is 5.02 Å². The maximum Gasteiger partial charge on any atom is 0.375 e. The molecule has 0 fully saturated rings. The topological polar surface area (TPSA) is 108 Å². The van der Waals surface area contributed by atoms with Crippen LogP contribution in [0.15, 0.2) is 17.2 Å². The van der Waals surface area contributed by atoms with Crippen LogP contribution >= 0.6 is 11.6 Å². The zero-order valence-corrected chi connectivity index (χ0v) is 14.5. The first-order valence-electron chi connectivity index (χ1n) is 7.13. The number of nitrogens with one attached hydrogen (secondary N) is 1. The lowest BCUT2D eigenvalue weighted by atomic mass is 10.2. The molecule has 1 aromatic carbocycles. The summed E-state index contributed by atoms with van der Waals surface area (Å²) >= 11 is 5.90. The molecule has 2 rings (SSSR count). The number of amidine groups is 1. The second-order valence-electron chi connectivity index (χ2n) is 4.89. The van der Waals surface area contributed by atoms with Crippen LogP contribution < -0.4 is 15.9 Å². The molecule has 0 unspecified atom stereocenters. The van der Waals surface area contributed by atoms with E-state index in [2.05, 4.69) is 15.3 Å². The number of rotatable bonds is 4. The van der Waals surface area contributed by atoms with Crippen LogP contribution in [0.5, 0.6) is 5.75 Å². The van der Waals surface area contributed by atoms with Crippen molar-refractivity contribution in [1.29, 1.82) is 0 Å². The third kappa shape index (κ3) is 3.50. The number of hydrogen-bond acceptors (Lipinski definition) is 5. The number of amides is 1. The number of esters is 1. The van der Waals surface area contributed by atoms with Crippen LogP contribution in [0, 0.1) is 5.82 Å². The van der Waals surface area contributed by atoms with Crippen molar-refractivity contribution in [3.8, 4) is 5.75 Å². The van der Waals surface area contributed by atoms with Crippen LogP contribution in [0.1, 0.15) is 17.4 Å². The van der Waals surface area contributed by atoms with Gasteiger partial charge in [-0.25, -0.2) is 14.6 Å². The number of benzene rings is 1. The minimum Gasteiger partial charge on any atom is -0.495 e. The Morgan fingerprint density at radius 3 is 2.72 bits per heavy atom. The van der Waals surface area contributed by atoms with E-state index in [-0.39, 0.29) is 28.6 Å². The summed E-state index contributed by atoms with van der Waals surface area (Å²) in [5.74, 6) is -2.63. The number of carbonyl (C=O) groups excluding carboxylic acids is 2. The molecule has 1 heterocycles. The molecule has 0 radical (unpaired) electrons. The minimum absolute atomic E-state index is 0.0821. The summed E-state index contributed by atoms with van der Waals surface area (Å²) in [5.41, 5.74) is 7.71. The molecule has 0 saturated heterocycles. The smallest absolute Gasteiger partial charge is 0.375 e. The van der Waals surface area contributed by atoms with Crippen LogP contribution in [0.3, 0.4) is 0 Å². The average Bonchev–Trinajstić information content (AvgIpc) is 2.92. The molecule has 0 aliphatic rings. The van der Waals surface area contributed by atoms with Gasteiger partial charge in [-0.1, -0.05) is 11.6 Å². The van der Waals surface area contributed by atoms with Gasteiger partial charge in [0.25, 0.3) is 5.91 Å². The van der Waals surface area contributed by atoms with Crippen LogP contribution in [-0.4, -0.2) is 36.0 Å². The molecule has 1 aromatic heterocycles. The number of ether oxygens (including phenoxy) is 2. The Bertz CT molecular complexity index is 878. The lowest BCUT2D eigenvalue weighted by Crippen LogP contribution is -2.31. The van der Waals surface area contributed by atoms with Gasteiger partial charge < -0.3 is 19.8 Å². The fraction of sp³-hybridized carbons (Fsp3) is 0.267. The molecule has 3 N–H and O–H groups in total. The summed E-state index contributed by atoms with van der Waals surface area (Å²) < 4.78 is 25.4. The highest BCUT2D eigenvalue weighted by Gasteiger charge is 2.20. The molecule has 2 aromatic rings. The molecule has 1 amide bonds. The summed E-state index contributed by atoms with van der Waals surface area (Å²) in [6.07, 6.45) is 0. The normalized spacial score (nSPS) is 11.5. The van der Waals surface area contributed by atoms with Gasteiger partial charge >= 0.3 is 5.97 Å². The van der Waals surface area contributed by atoms with E-state index in [4.69, 9.17) is 22.1 Å². The predicted molar refractivity (Wildman–Crippen MR) is 90.2 cm³/mol. The van der Waals surface area contributed by atoms with Crippen molar-refractivity contribution in [2.75, 3.05) is 13.7 Å². The average molecular weight is 371 g/mol. The number of aryl methyl sites for hydroxylation is 1. The largest absolute Gasteiger partial charge is 0.495 e. The Morgan fingerprint density at radius 1 is 1.44 bits per heavy atom. The number of nitrogens with two attached hydrogens (primary N) is 1. The second-order valence-corrected chi connectivity index (χ2v) is 5.27. The Kier molecular flexibility index (Phi) is 5.48. The molecule has 134 valence electrons. The SMILES string of the molecule is CCOC(=O)C(N)=NNC(=O)c1cc2cc(OC)c(Cl)c(F)c2n1C. The Hall–Kier alpha value is -2.81. The summed E-state index contributed by atoms with van der Waals surface area (Å²) in [4.78, 5) is 23.6. The van der Waals surface area contributed by atoms with Crippen LogP contribution in [-0.2, 0) is 16.6 Å². The number of aromatic nitrogens is 1. The maximum atomic E-state index is 14.4. The molecule has 25 heavy (non-hydrogen) atoms. The van der Waals surface area contributed by atoms with Gasteiger partial charge in [-0.2, -0.15) is 0 Å². The number of carbonyl (C=O) groups is 2. The first-order chi connectivity index (χ1) is 11.8. The zero-order chi connectivity index (χ0) is 18.7. The molecule has 0 atom stereocenters. The second kappa shape index (κ2) is 7.39. The van der Waals surface area contributed by atoms with E-state index in [1.807, 2.05) is 0 Å². The molecule has 0 aliphatic carbocycles. The molecular weight excluding hydrogens is 355 g/mol. The number of nitrogens with zero attached hydrogens (tertiary/aromatic N) is 2. The van der Waals surface area contributed by atoms with Crippen molar-refractivity contribution in [2.24, 2.45) is 17.9 Å². The molecule has 0 aliphatic heterocycles. The van der Waals surface area contributed by atoms with Gasteiger partial charge in [-0.05, 0) is 19.1 Å². The molecular formula is C15H16ClFN4O4. The standard InChI is InChI=1S/C15H16ClFN4O4/c1-4-25-15(23)13(18)19-20-14(22)8-5-7-6-9(24-3)10(16)11(17)12(7)21(8)2/h5-6H,4H2,1-3H3,(H2,18,19)(H,20,22). The summed E-state index contributed by atoms with van der Waals surface area (Å²) in [7, 11) is 2.84. The van der Waals surface area contributed by atoms with Crippen molar-refractivity contribution in [1.82, 2.24) is 9.99 Å². The third-order valence-corrected chi connectivity index (χ3v) is 3.73. The minimum atomic E-state index is -0.859. The fourth-order valence-electron chi connectivity index (χ4n) is 2.21. The number of hydrazone groups is 1. The van der Waals surface area contributed by atoms with Gasteiger partial charge in [0.15, 0.2) is 5.82 Å². The van der Waals surface area contributed by atoms with Crippen molar-refractivity contribution < 1.29 is 23.5 Å². The van der Waals surface area contributed by atoms with Crippen molar-refractivity contribution in [2.45, 2.75) is 6.92 Å². The highest BCUT2D eigenvalue weighted by atomic mass is 35.5. The van der Waals surface area contributed by atoms with Gasteiger partial charge in [0.2, 0.25) is 5.84 Å². The number of halogens is 2. The van der Waals surface area contributed by atoms with E-state index in [1.165, 1.54) is 30.9 Å². The lowest BCUT2D eigenvalue weighted by molar-refractivity contribution is -0.135. The lowest BCUT2D eigenvalue weighted by Gasteiger charge is -2.07. The Balaban J connectivity index is 2.37. The van der Waals surface area contributed by atoms with Gasteiger partial charge in [0, 0.05) is 12.4 Å². The fourth-order valence-corrected chi connectivity index (χ4v) is 2.43. The molecule has 0 saturated carbocycles. The van der Waals surface area contributed by atoms with Crippen molar-refractivity contribution >= 4 is 40.2 Å². The molecule has 8 nitrogen and oxygen atoms in total. The molecule has 0 bridgehead atoms. The van der Waals surface area contributed by atoms with Crippen LogP contribution in [0.25, 0.3) is 10.9 Å². The van der Waals surface area contributed by atoms with Gasteiger partial charge in [0.05, 0.1) is 19.2 Å². The monoisotopic (exact) mass is 370 g/mol. The number of hydrogen-bond donors (Lipinski definition) is 2. The third-order valence-electron chi connectivity index (χ3n) is 3.38. The highest BCUT2D eigenvalue weighted by Crippen LogP contribution is 2.34. The summed E-state index contributed by atoms with van der Waals surface area (Å²) in [5, 5.41) is 3.69. The summed E-state index contributed by atoms with van der Waals surface area (Å²) in [6, 6.07) is 2.94. The highest BCUT2D eigenvalue weighted by molar-refractivity contribution is 6.34. The Morgan fingerprint density at radius 2 is 2.12 bits per heavy atom. The molecule has 0 spiro atoms. The molecule has 10 heteroatoms. The van der Waals surface area contributed by atoms with Crippen molar-refractivity contribution in [3.05, 3.63) is 28.7 Å².